The number of rotatable bonds is 4. The predicted molar refractivity (Wildman–Crippen MR) is 87.2 cm³/mol. The summed E-state index contributed by atoms with van der Waals surface area (Å²) in [5.41, 5.74) is 8.27. The number of amides is 1. The number of hydrogen-bond acceptors (Lipinski definition) is 2. The van der Waals surface area contributed by atoms with Crippen LogP contribution in [0.25, 0.3) is 0 Å². The highest BCUT2D eigenvalue weighted by Gasteiger charge is 2.19. The zero-order valence-electron chi connectivity index (χ0n) is 12.2. The summed E-state index contributed by atoms with van der Waals surface area (Å²) >= 11 is 6.15. The Morgan fingerprint density at radius 3 is 2.57 bits per heavy atom. The lowest BCUT2D eigenvalue weighted by atomic mass is 10.00. The van der Waals surface area contributed by atoms with Gasteiger partial charge in [-0.15, -0.1) is 0 Å². The van der Waals surface area contributed by atoms with Gasteiger partial charge in [0.2, 0.25) is 5.91 Å². The van der Waals surface area contributed by atoms with Crippen molar-refractivity contribution < 1.29 is 4.79 Å². The van der Waals surface area contributed by atoms with E-state index in [1.54, 1.807) is 30.1 Å². The smallest absolute Gasteiger partial charge is 0.229 e. The summed E-state index contributed by atoms with van der Waals surface area (Å²) in [4.78, 5) is 14.2. The molecule has 2 aromatic carbocycles. The molecule has 1 amide bonds. The van der Waals surface area contributed by atoms with Gasteiger partial charge in [0.05, 0.1) is 5.92 Å². The van der Waals surface area contributed by atoms with Crippen LogP contribution in [0.5, 0.6) is 0 Å². The standard InChI is InChI=1S/C17H19ClN2O/c1-12(13-6-4-3-5-7-13)17(21)20(2)11-14-10-15(19)8-9-16(14)18/h3-10,12H,11,19H2,1-2H3. The van der Waals surface area contributed by atoms with Crippen LogP contribution in [0.1, 0.15) is 24.0 Å². The Kier molecular flexibility index (Phi) is 4.86. The van der Waals surface area contributed by atoms with E-state index in [1.165, 1.54) is 0 Å². The number of likely N-dealkylation sites (N-methyl/N-ethyl adjacent to an activating group) is 1. The van der Waals surface area contributed by atoms with E-state index in [4.69, 9.17) is 17.3 Å². The van der Waals surface area contributed by atoms with Gasteiger partial charge in [0.1, 0.15) is 0 Å². The molecule has 0 bridgehead atoms. The van der Waals surface area contributed by atoms with Crippen molar-refractivity contribution in [3.8, 4) is 0 Å². The summed E-state index contributed by atoms with van der Waals surface area (Å²) in [5.74, 6) is -0.129. The van der Waals surface area contributed by atoms with Crippen LogP contribution < -0.4 is 5.73 Å². The van der Waals surface area contributed by atoms with E-state index in [1.807, 2.05) is 37.3 Å². The zero-order valence-corrected chi connectivity index (χ0v) is 13.0. The maximum Gasteiger partial charge on any atom is 0.229 e. The van der Waals surface area contributed by atoms with Gasteiger partial charge in [-0.2, -0.15) is 0 Å². The highest BCUT2D eigenvalue weighted by Crippen LogP contribution is 2.22. The fraction of sp³-hybridized carbons (Fsp3) is 0.235. The van der Waals surface area contributed by atoms with Crippen LogP contribution in [0, 0.1) is 0 Å². The summed E-state index contributed by atoms with van der Waals surface area (Å²) in [7, 11) is 1.78. The molecule has 0 spiro atoms. The quantitative estimate of drug-likeness (QED) is 0.876. The number of halogens is 1. The number of nitrogen functional groups attached to an aromatic ring is 1. The highest BCUT2D eigenvalue weighted by molar-refractivity contribution is 6.31. The fourth-order valence-corrected chi connectivity index (χ4v) is 2.44. The summed E-state index contributed by atoms with van der Waals surface area (Å²) < 4.78 is 0. The topological polar surface area (TPSA) is 46.3 Å². The van der Waals surface area contributed by atoms with Crippen molar-refractivity contribution in [2.45, 2.75) is 19.4 Å². The first-order chi connectivity index (χ1) is 9.99. The molecule has 0 saturated heterocycles. The Morgan fingerprint density at radius 1 is 1.24 bits per heavy atom. The SMILES string of the molecule is CC(C(=O)N(C)Cc1cc(N)ccc1Cl)c1ccccc1. The lowest BCUT2D eigenvalue weighted by Gasteiger charge is -2.22. The van der Waals surface area contributed by atoms with Gasteiger partial charge in [0.25, 0.3) is 0 Å². The molecule has 0 aliphatic rings. The van der Waals surface area contributed by atoms with E-state index in [-0.39, 0.29) is 11.8 Å². The van der Waals surface area contributed by atoms with Crippen molar-refractivity contribution in [3.63, 3.8) is 0 Å². The van der Waals surface area contributed by atoms with Crippen LogP contribution in [0.2, 0.25) is 5.02 Å². The molecule has 0 aliphatic carbocycles. The molecule has 1 atom stereocenters. The van der Waals surface area contributed by atoms with E-state index in [0.29, 0.717) is 17.3 Å². The minimum Gasteiger partial charge on any atom is -0.399 e. The first-order valence-electron chi connectivity index (χ1n) is 6.83. The van der Waals surface area contributed by atoms with Crippen molar-refractivity contribution >= 4 is 23.2 Å². The summed E-state index contributed by atoms with van der Waals surface area (Å²) in [5, 5.41) is 0.621. The van der Waals surface area contributed by atoms with E-state index in [9.17, 15) is 4.79 Å². The molecule has 3 nitrogen and oxygen atoms in total. The van der Waals surface area contributed by atoms with E-state index >= 15 is 0 Å². The molecule has 2 rings (SSSR count). The Balaban J connectivity index is 2.11. The highest BCUT2D eigenvalue weighted by atomic mass is 35.5. The van der Waals surface area contributed by atoms with E-state index in [2.05, 4.69) is 0 Å². The maximum absolute atomic E-state index is 12.5. The zero-order chi connectivity index (χ0) is 15.4. The largest absolute Gasteiger partial charge is 0.399 e. The third-order valence-electron chi connectivity index (χ3n) is 3.52. The molecule has 2 N–H and O–H groups in total. The van der Waals surface area contributed by atoms with E-state index < -0.39 is 0 Å². The second-order valence-electron chi connectivity index (χ2n) is 5.18. The van der Waals surface area contributed by atoms with Gasteiger partial charge in [0.15, 0.2) is 0 Å². The van der Waals surface area contributed by atoms with Gasteiger partial charge >= 0.3 is 0 Å². The Bertz CT molecular complexity index is 628. The number of nitrogens with two attached hydrogens (primary N) is 1. The summed E-state index contributed by atoms with van der Waals surface area (Å²) in [6.45, 7) is 2.36. The first kappa shape index (κ1) is 15.4. The first-order valence-corrected chi connectivity index (χ1v) is 7.20. The average Bonchev–Trinajstić information content (AvgIpc) is 2.50. The van der Waals surface area contributed by atoms with Gasteiger partial charge in [-0.05, 0) is 36.2 Å². The van der Waals surface area contributed by atoms with Crippen LogP contribution in [0.15, 0.2) is 48.5 Å². The number of nitrogens with zero attached hydrogens (tertiary/aromatic N) is 1. The normalized spacial score (nSPS) is 12.0. The van der Waals surface area contributed by atoms with Gasteiger partial charge in [-0.1, -0.05) is 41.9 Å². The van der Waals surface area contributed by atoms with Crippen molar-refractivity contribution in [3.05, 3.63) is 64.7 Å². The third-order valence-corrected chi connectivity index (χ3v) is 3.89. The van der Waals surface area contributed by atoms with Crippen LogP contribution >= 0.6 is 11.6 Å². The molecule has 2 aromatic rings. The monoisotopic (exact) mass is 302 g/mol. The minimum atomic E-state index is -0.184. The van der Waals surface area contributed by atoms with Crippen molar-refractivity contribution in [2.24, 2.45) is 0 Å². The molecule has 0 aliphatic heterocycles. The second kappa shape index (κ2) is 6.64. The lowest BCUT2D eigenvalue weighted by Crippen LogP contribution is -2.30. The number of anilines is 1. The molecule has 0 saturated carbocycles. The lowest BCUT2D eigenvalue weighted by molar-refractivity contribution is -0.131. The Hall–Kier alpha value is -2.00. The van der Waals surface area contributed by atoms with Crippen molar-refractivity contribution in [1.82, 2.24) is 4.90 Å². The van der Waals surface area contributed by atoms with Crippen LogP contribution in [-0.2, 0) is 11.3 Å². The van der Waals surface area contributed by atoms with Gasteiger partial charge in [-0.25, -0.2) is 0 Å². The van der Waals surface area contributed by atoms with Crippen molar-refractivity contribution in [1.29, 1.82) is 0 Å². The third kappa shape index (κ3) is 3.76. The number of carbonyl (C=O) groups is 1. The maximum atomic E-state index is 12.5. The van der Waals surface area contributed by atoms with Gasteiger partial charge < -0.3 is 10.6 Å². The fourth-order valence-electron chi connectivity index (χ4n) is 2.26. The molecule has 0 radical (unpaired) electrons. The summed E-state index contributed by atoms with van der Waals surface area (Å²) in [6, 6.07) is 15.1. The van der Waals surface area contributed by atoms with Gasteiger partial charge in [-0.3, -0.25) is 4.79 Å². The van der Waals surface area contributed by atoms with E-state index in [0.717, 1.165) is 11.1 Å². The average molecular weight is 303 g/mol. The molecular weight excluding hydrogens is 284 g/mol. The Morgan fingerprint density at radius 2 is 1.90 bits per heavy atom. The second-order valence-corrected chi connectivity index (χ2v) is 5.58. The minimum absolute atomic E-state index is 0.0553. The van der Waals surface area contributed by atoms with Gasteiger partial charge in [0, 0.05) is 24.3 Å². The number of carbonyl (C=O) groups excluding carboxylic acids is 1. The van der Waals surface area contributed by atoms with Crippen LogP contribution in [0.4, 0.5) is 5.69 Å². The van der Waals surface area contributed by atoms with Crippen molar-refractivity contribution in [2.75, 3.05) is 12.8 Å². The Labute approximate surface area is 130 Å². The molecular formula is C17H19ClN2O. The molecule has 0 fully saturated rings. The summed E-state index contributed by atoms with van der Waals surface area (Å²) in [6.07, 6.45) is 0. The van der Waals surface area contributed by atoms with Crippen LogP contribution in [0.3, 0.4) is 0 Å². The predicted octanol–water partition coefficient (Wildman–Crippen LogP) is 3.68. The molecule has 21 heavy (non-hydrogen) atoms. The molecule has 0 aromatic heterocycles. The number of benzene rings is 2. The molecule has 1 unspecified atom stereocenters. The van der Waals surface area contributed by atoms with Crippen LogP contribution in [-0.4, -0.2) is 17.9 Å². The molecule has 0 heterocycles. The molecule has 110 valence electrons. The molecule has 4 heteroatoms. The number of hydrogen-bond donors (Lipinski definition) is 1.